The van der Waals surface area contributed by atoms with Crippen LogP contribution in [0.2, 0.25) is 0 Å². The summed E-state index contributed by atoms with van der Waals surface area (Å²) in [5.74, 6) is -0.111. The molecule has 0 aliphatic carbocycles. The van der Waals surface area contributed by atoms with Crippen LogP contribution in [0.3, 0.4) is 0 Å². The van der Waals surface area contributed by atoms with Crippen molar-refractivity contribution in [2.24, 2.45) is 0 Å². The summed E-state index contributed by atoms with van der Waals surface area (Å²) in [6.07, 6.45) is 3.21. The number of halogens is 1. The summed E-state index contributed by atoms with van der Waals surface area (Å²) in [6.45, 7) is 1.97. The van der Waals surface area contributed by atoms with Crippen LogP contribution >= 0.6 is 27.3 Å². The van der Waals surface area contributed by atoms with Crippen LogP contribution in [-0.4, -0.2) is 10.9 Å². The fraction of sp³-hybridized carbons (Fsp3) is 0.167. The van der Waals surface area contributed by atoms with E-state index >= 15 is 0 Å². The molecule has 1 amide bonds. The smallest absolute Gasteiger partial charge is 0.253 e. The van der Waals surface area contributed by atoms with Gasteiger partial charge in [-0.15, -0.1) is 11.3 Å². The van der Waals surface area contributed by atoms with Crippen molar-refractivity contribution in [1.29, 1.82) is 0 Å². The Balaban J connectivity index is 2.07. The van der Waals surface area contributed by atoms with Gasteiger partial charge in [0.1, 0.15) is 0 Å². The average Bonchev–Trinajstić information content (AvgIpc) is 2.82. The van der Waals surface area contributed by atoms with Gasteiger partial charge in [0.15, 0.2) is 0 Å². The third-order valence-corrected chi connectivity index (χ3v) is 3.77. The topological polar surface area (TPSA) is 42.0 Å². The Kier molecular flexibility index (Phi) is 3.91. The number of hydrogen-bond donors (Lipinski definition) is 1. The van der Waals surface area contributed by atoms with Gasteiger partial charge in [-0.3, -0.25) is 9.78 Å². The molecular weight excluding hydrogens is 300 g/mol. The first-order valence-corrected chi connectivity index (χ1v) is 6.79. The summed E-state index contributed by atoms with van der Waals surface area (Å²) >= 11 is 4.93. The summed E-state index contributed by atoms with van der Waals surface area (Å²) in [6, 6.07) is 5.75. The molecule has 0 saturated carbocycles. The first kappa shape index (κ1) is 12.3. The summed E-state index contributed by atoms with van der Waals surface area (Å²) in [4.78, 5) is 17.0. The van der Waals surface area contributed by atoms with Gasteiger partial charge < -0.3 is 5.32 Å². The van der Waals surface area contributed by atoms with Gasteiger partial charge in [-0.1, -0.05) is 6.07 Å². The van der Waals surface area contributed by atoms with Gasteiger partial charge in [0.25, 0.3) is 5.91 Å². The largest absolute Gasteiger partial charge is 0.345 e. The number of nitrogens with zero attached hydrogens (tertiary/aromatic N) is 1. The van der Waals surface area contributed by atoms with E-state index in [9.17, 15) is 4.79 Å². The maximum Gasteiger partial charge on any atom is 0.253 e. The van der Waals surface area contributed by atoms with Crippen LogP contribution in [0.1, 0.15) is 28.2 Å². The molecule has 2 aromatic rings. The third-order valence-electron chi connectivity index (χ3n) is 2.28. The number of carbonyl (C=O) groups excluding carboxylic acids is 1. The molecule has 0 saturated heterocycles. The number of thiophene rings is 1. The van der Waals surface area contributed by atoms with Crippen LogP contribution in [0.4, 0.5) is 0 Å². The van der Waals surface area contributed by atoms with Gasteiger partial charge in [-0.25, -0.2) is 0 Å². The monoisotopic (exact) mass is 310 g/mol. The van der Waals surface area contributed by atoms with Gasteiger partial charge in [0, 0.05) is 21.7 Å². The number of carbonyl (C=O) groups is 1. The van der Waals surface area contributed by atoms with Gasteiger partial charge in [-0.05, 0) is 40.4 Å². The predicted octanol–water partition coefficient (Wildman–Crippen LogP) is 3.40. The Morgan fingerprint density at radius 2 is 2.35 bits per heavy atom. The first-order chi connectivity index (χ1) is 8.16. The summed E-state index contributed by atoms with van der Waals surface area (Å²) in [5.41, 5.74) is 0.558. The fourth-order valence-corrected chi connectivity index (χ4v) is 2.52. The van der Waals surface area contributed by atoms with Crippen LogP contribution in [0, 0.1) is 0 Å². The lowest BCUT2D eigenvalue weighted by atomic mass is 10.2. The Morgan fingerprint density at radius 3 is 3.00 bits per heavy atom. The molecule has 17 heavy (non-hydrogen) atoms. The number of aromatic nitrogens is 1. The quantitative estimate of drug-likeness (QED) is 0.944. The highest BCUT2D eigenvalue weighted by Gasteiger charge is 2.12. The second-order valence-electron chi connectivity index (χ2n) is 3.60. The molecule has 0 aromatic carbocycles. The molecule has 1 atom stereocenters. The zero-order chi connectivity index (χ0) is 12.3. The second kappa shape index (κ2) is 5.42. The zero-order valence-electron chi connectivity index (χ0n) is 9.18. The molecule has 0 aliphatic heterocycles. The Morgan fingerprint density at radius 1 is 1.53 bits per heavy atom. The normalized spacial score (nSPS) is 12.1. The van der Waals surface area contributed by atoms with E-state index in [2.05, 4.69) is 26.2 Å². The molecule has 0 radical (unpaired) electrons. The molecule has 3 nitrogen and oxygen atoms in total. The van der Waals surface area contributed by atoms with Crippen molar-refractivity contribution >= 4 is 33.2 Å². The van der Waals surface area contributed by atoms with Gasteiger partial charge in [0.2, 0.25) is 0 Å². The van der Waals surface area contributed by atoms with Crippen molar-refractivity contribution < 1.29 is 4.79 Å². The lowest BCUT2D eigenvalue weighted by Crippen LogP contribution is -2.26. The maximum atomic E-state index is 11.9. The van der Waals surface area contributed by atoms with Crippen molar-refractivity contribution in [2.75, 3.05) is 0 Å². The van der Waals surface area contributed by atoms with Crippen LogP contribution in [0.25, 0.3) is 0 Å². The number of amides is 1. The lowest BCUT2D eigenvalue weighted by Gasteiger charge is -2.11. The van der Waals surface area contributed by atoms with Crippen LogP contribution < -0.4 is 5.32 Å². The number of rotatable bonds is 3. The van der Waals surface area contributed by atoms with E-state index in [0.29, 0.717) is 5.56 Å². The Bertz CT molecular complexity index is 513. The average molecular weight is 311 g/mol. The highest BCUT2D eigenvalue weighted by atomic mass is 79.9. The van der Waals surface area contributed by atoms with Gasteiger partial charge in [-0.2, -0.15) is 0 Å². The SMILES string of the molecule is CC(NC(=O)c1cncc(Br)c1)c1cccs1. The molecule has 1 N–H and O–H groups in total. The molecule has 88 valence electrons. The predicted molar refractivity (Wildman–Crippen MR) is 72.1 cm³/mol. The van der Waals surface area contributed by atoms with Gasteiger partial charge in [0.05, 0.1) is 11.6 Å². The van der Waals surface area contributed by atoms with E-state index in [1.807, 2.05) is 24.4 Å². The number of pyridine rings is 1. The number of hydrogen-bond acceptors (Lipinski definition) is 3. The minimum atomic E-state index is -0.111. The van der Waals surface area contributed by atoms with E-state index < -0.39 is 0 Å². The lowest BCUT2D eigenvalue weighted by molar-refractivity contribution is 0.0940. The molecular formula is C12H11BrN2OS. The van der Waals surface area contributed by atoms with Crippen LogP contribution in [0.5, 0.6) is 0 Å². The van der Waals surface area contributed by atoms with E-state index in [4.69, 9.17) is 0 Å². The van der Waals surface area contributed by atoms with Crippen LogP contribution in [-0.2, 0) is 0 Å². The standard InChI is InChI=1S/C12H11BrN2OS/c1-8(11-3-2-4-17-11)15-12(16)9-5-10(13)7-14-6-9/h2-8H,1H3,(H,15,16). The minimum Gasteiger partial charge on any atom is -0.345 e. The van der Waals surface area contributed by atoms with E-state index in [1.165, 1.54) is 0 Å². The molecule has 2 aromatic heterocycles. The molecule has 0 fully saturated rings. The summed E-state index contributed by atoms with van der Waals surface area (Å²) in [7, 11) is 0. The molecule has 5 heteroatoms. The highest BCUT2D eigenvalue weighted by molar-refractivity contribution is 9.10. The Hall–Kier alpha value is -1.20. The molecule has 0 spiro atoms. The Labute approximate surface area is 112 Å². The molecule has 2 heterocycles. The van der Waals surface area contributed by atoms with E-state index in [-0.39, 0.29) is 11.9 Å². The third kappa shape index (κ3) is 3.14. The summed E-state index contributed by atoms with van der Waals surface area (Å²) < 4.78 is 0.800. The molecule has 0 aliphatic rings. The second-order valence-corrected chi connectivity index (χ2v) is 5.50. The van der Waals surface area contributed by atoms with Crippen molar-refractivity contribution in [2.45, 2.75) is 13.0 Å². The van der Waals surface area contributed by atoms with E-state index in [1.54, 1.807) is 29.8 Å². The van der Waals surface area contributed by atoms with E-state index in [0.717, 1.165) is 9.35 Å². The highest BCUT2D eigenvalue weighted by Crippen LogP contribution is 2.19. The van der Waals surface area contributed by atoms with Crippen molar-refractivity contribution in [1.82, 2.24) is 10.3 Å². The van der Waals surface area contributed by atoms with Gasteiger partial charge >= 0.3 is 0 Å². The maximum absolute atomic E-state index is 11.9. The van der Waals surface area contributed by atoms with Crippen molar-refractivity contribution in [3.63, 3.8) is 0 Å². The molecule has 1 unspecified atom stereocenters. The number of nitrogens with one attached hydrogen (secondary N) is 1. The zero-order valence-corrected chi connectivity index (χ0v) is 11.6. The minimum absolute atomic E-state index is 0.0153. The molecule has 2 rings (SSSR count). The van der Waals surface area contributed by atoms with Crippen molar-refractivity contribution in [3.05, 3.63) is 50.9 Å². The summed E-state index contributed by atoms with van der Waals surface area (Å²) in [5, 5.41) is 4.94. The van der Waals surface area contributed by atoms with Crippen molar-refractivity contribution in [3.8, 4) is 0 Å². The fourth-order valence-electron chi connectivity index (χ4n) is 1.42. The van der Waals surface area contributed by atoms with Crippen LogP contribution in [0.15, 0.2) is 40.4 Å². The molecule has 0 bridgehead atoms. The first-order valence-electron chi connectivity index (χ1n) is 5.11.